The van der Waals surface area contributed by atoms with E-state index in [1.165, 1.54) is 6.33 Å². The Kier molecular flexibility index (Phi) is 7.48. The summed E-state index contributed by atoms with van der Waals surface area (Å²) in [5.74, 6) is -0.289. The third-order valence-electron chi connectivity index (χ3n) is 4.40. The van der Waals surface area contributed by atoms with Crippen molar-refractivity contribution in [2.24, 2.45) is 0 Å². The molecule has 29 heavy (non-hydrogen) atoms. The van der Waals surface area contributed by atoms with Crippen LogP contribution in [0.15, 0.2) is 36.7 Å². The number of amides is 1. The maximum absolute atomic E-state index is 12.4. The van der Waals surface area contributed by atoms with Gasteiger partial charge in [0.2, 0.25) is 0 Å². The van der Waals surface area contributed by atoms with Gasteiger partial charge in [0.25, 0.3) is 5.91 Å². The first-order valence-corrected chi connectivity index (χ1v) is 9.61. The average molecular weight is 399 g/mol. The van der Waals surface area contributed by atoms with E-state index < -0.39 is 5.97 Å². The van der Waals surface area contributed by atoms with E-state index in [1.807, 2.05) is 0 Å². The molecule has 1 amide bonds. The Morgan fingerprint density at radius 3 is 2.79 bits per heavy atom. The number of carbonyl (C=O) groups is 2. The molecule has 1 fully saturated rings. The molecule has 0 atom stereocenters. The molecule has 0 saturated carbocycles. The average Bonchev–Trinajstić information content (AvgIpc) is 2.75. The van der Waals surface area contributed by atoms with E-state index in [9.17, 15) is 9.59 Å². The third-order valence-corrected chi connectivity index (χ3v) is 4.40. The molecule has 2 aromatic rings. The van der Waals surface area contributed by atoms with E-state index >= 15 is 0 Å². The molecule has 1 aromatic heterocycles. The number of morpholine rings is 1. The van der Waals surface area contributed by atoms with Crippen LogP contribution in [0.1, 0.15) is 27.8 Å². The van der Waals surface area contributed by atoms with E-state index in [0.29, 0.717) is 23.6 Å². The fourth-order valence-corrected chi connectivity index (χ4v) is 2.91. The Balaban J connectivity index is 1.61. The highest BCUT2D eigenvalue weighted by molar-refractivity contribution is 5.97. The largest absolute Gasteiger partial charge is 0.462 e. The number of nitrogens with one attached hydrogen (secondary N) is 2. The van der Waals surface area contributed by atoms with Crippen molar-refractivity contribution < 1.29 is 19.1 Å². The first-order valence-electron chi connectivity index (χ1n) is 9.61. The second kappa shape index (κ2) is 10.5. The van der Waals surface area contributed by atoms with Gasteiger partial charge in [0.05, 0.1) is 31.1 Å². The number of carbonyl (C=O) groups excluding carboxylic acids is 2. The highest BCUT2D eigenvalue weighted by atomic mass is 16.5. The number of esters is 1. The fourth-order valence-electron chi connectivity index (χ4n) is 2.91. The lowest BCUT2D eigenvalue weighted by Crippen LogP contribution is -2.41. The number of rotatable bonds is 8. The van der Waals surface area contributed by atoms with Crippen molar-refractivity contribution in [1.82, 2.24) is 20.2 Å². The monoisotopic (exact) mass is 399 g/mol. The van der Waals surface area contributed by atoms with Crippen LogP contribution in [0.4, 0.5) is 11.5 Å². The van der Waals surface area contributed by atoms with Crippen LogP contribution in [0.2, 0.25) is 0 Å². The SMILES string of the molecule is CCOC(=O)c1ccccc1Nc1cc(C(=O)NCCN2CCOCC2)ncn1. The molecule has 0 spiro atoms. The molecule has 1 aromatic carbocycles. The van der Waals surface area contributed by atoms with Crippen LogP contribution in [0, 0.1) is 0 Å². The maximum Gasteiger partial charge on any atom is 0.340 e. The van der Waals surface area contributed by atoms with Crippen LogP contribution in [0.5, 0.6) is 0 Å². The van der Waals surface area contributed by atoms with Gasteiger partial charge < -0.3 is 20.1 Å². The van der Waals surface area contributed by atoms with Crippen LogP contribution in [0.25, 0.3) is 0 Å². The summed E-state index contributed by atoms with van der Waals surface area (Å²) in [6.45, 7) is 6.52. The van der Waals surface area contributed by atoms with E-state index in [0.717, 1.165) is 32.8 Å². The van der Waals surface area contributed by atoms with E-state index in [-0.39, 0.29) is 18.2 Å². The van der Waals surface area contributed by atoms with Crippen LogP contribution in [-0.4, -0.2) is 72.7 Å². The second-order valence-corrected chi connectivity index (χ2v) is 6.39. The predicted octanol–water partition coefficient (Wildman–Crippen LogP) is 1.46. The van der Waals surface area contributed by atoms with Gasteiger partial charge in [-0.05, 0) is 19.1 Å². The summed E-state index contributed by atoms with van der Waals surface area (Å²) in [5.41, 5.74) is 1.19. The fraction of sp³-hybridized carbons (Fsp3) is 0.400. The lowest BCUT2D eigenvalue weighted by Gasteiger charge is -2.26. The molecule has 154 valence electrons. The van der Waals surface area contributed by atoms with Crippen molar-refractivity contribution in [2.75, 3.05) is 51.3 Å². The van der Waals surface area contributed by atoms with Gasteiger partial charge in [-0.2, -0.15) is 0 Å². The molecule has 9 heteroatoms. The summed E-state index contributed by atoms with van der Waals surface area (Å²) in [6, 6.07) is 8.51. The van der Waals surface area contributed by atoms with E-state index in [2.05, 4.69) is 25.5 Å². The number of aromatic nitrogens is 2. The van der Waals surface area contributed by atoms with Gasteiger partial charge in [0.15, 0.2) is 0 Å². The van der Waals surface area contributed by atoms with Gasteiger partial charge in [-0.3, -0.25) is 9.69 Å². The van der Waals surface area contributed by atoms with Gasteiger partial charge >= 0.3 is 5.97 Å². The molecule has 9 nitrogen and oxygen atoms in total. The van der Waals surface area contributed by atoms with E-state index in [1.54, 1.807) is 37.3 Å². The highest BCUT2D eigenvalue weighted by Crippen LogP contribution is 2.20. The molecule has 1 aliphatic heterocycles. The number of hydrogen-bond acceptors (Lipinski definition) is 8. The second-order valence-electron chi connectivity index (χ2n) is 6.39. The van der Waals surface area contributed by atoms with Crippen molar-refractivity contribution in [3.8, 4) is 0 Å². The minimum atomic E-state index is -0.425. The van der Waals surface area contributed by atoms with Crippen molar-refractivity contribution in [3.63, 3.8) is 0 Å². The highest BCUT2D eigenvalue weighted by Gasteiger charge is 2.15. The quantitative estimate of drug-likeness (QED) is 0.643. The van der Waals surface area contributed by atoms with Crippen molar-refractivity contribution >= 4 is 23.4 Å². The van der Waals surface area contributed by atoms with Crippen LogP contribution in [-0.2, 0) is 9.47 Å². The zero-order valence-corrected chi connectivity index (χ0v) is 16.4. The van der Waals surface area contributed by atoms with Crippen LogP contribution in [0.3, 0.4) is 0 Å². The first kappa shape index (κ1) is 20.7. The van der Waals surface area contributed by atoms with Crippen molar-refractivity contribution in [2.45, 2.75) is 6.92 Å². The number of hydrogen-bond donors (Lipinski definition) is 2. The smallest absolute Gasteiger partial charge is 0.340 e. The van der Waals surface area contributed by atoms with Gasteiger partial charge in [-0.25, -0.2) is 14.8 Å². The third kappa shape index (κ3) is 5.97. The normalized spacial score (nSPS) is 14.2. The van der Waals surface area contributed by atoms with E-state index in [4.69, 9.17) is 9.47 Å². The first-order chi connectivity index (χ1) is 14.2. The Labute approximate surface area is 169 Å². The summed E-state index contributed by atoms with van der Waals surface area (Å²) in [7, 11) is 0. The molecule has 0 bridgehead atoms. The number of benzene rings is 1. The topological polar surface area (TPSA) is 106 Å². The number of para-hydroxylation sites is 1. The Hall–Kier alpha value is -3.04. The standard InChI is InChI=1S/C20H25N5O4/c1-2-29-20(27)15-5-3-4-6-16(15)24-18-13-17(22-14-23-18)19(26)21-7-8-25-9-11-28-12-10-25/h3-6,13-14H,2,7-12H2,1H3,(H,21,26)(H,22,23,24). The van der Waals surface area contributed by atoms with Gasteiger partial charge in [-0.1, -0.05) is 12.1 Å². The van der Waals surface area contributed by atoms with Gasteiger partial charge in [0, 0.05) is 32.2 Å². The molecule has 1 saturated heterocycles. The minimum absolute atomic E-state index is 0.248. The summed E-state index contributed by atoms with van der Waals surface area (Å²) in [6.07, 6.45) is 1.31. The minimum Gasteiger partial charge on any atom is -0.462 e. The number of nitrogens with zero attached hydrogens (tertiary/aromatic N) is 3. The lowest BCUT2D eigenvalue weighted by atomic mass is 10.2. The molecule has 2 heterocycles. The molecule has 1 aliphatic rings. The number of ether oxygens (including phenoxy) is 2. The zero-order chi connectivity index (χ0) is 20.5. The molecule has 3 rings (SSSR count). The maximum atomic E-state index is 12.4. The summed E-state index contributed by atoms with van der Waals surface area (Å²) < 4.78 is 10.4. The Morgan fingerprint density at radius 2 is 2.00 bits per heavy atom. The molecule has 0 unspecified atom stereocenters. The van der Waals surface area contributed by atoms with Crippen LogP contribution < -0.4 is 10.6 Å². The molecule has 0 aliphatic carbocycles. The Bertz CT molecular complexity index is 839. The zero-order valence-electron chi connectivity index (χ0n) is 16.4. The van der Waals surface area contributed by atoms with Gasteiger partial charge in [-0.15, -0.1) is 0 Å². The number of anilines is 2. The molecular weight excluding hydrogens is 374 g/mol. The summed E-state index contributed by atoms with van der Waals surface area (Å²) >= 11 is 0. The lowest BCUT2D eigenvalue weighted by molar-refractivity contribution is 0.0383. The summed E-state index contributed by atoms with van der Waals surface area (Å²) in [5, 5.41) is 5.93. The van der Waals surface area contributed by atoms with Gasteiger partial charge in [0.1, 0.15) is 17.8 Å². The van der Waals surface area contributed by atoms with Crippen molar-refractivity contribution in [3.05, 3.63) is 47.9 Å². The Morgan fingerprint density at radius 1 is 1.21 bits per heavy atom. The summed E-state index contributed by atoms with van der Waals surface area (Å²) in [4.78, 5) is 34.9. The molecular formula is C20H25N5O4. The predicted molar refractivity (Wildman–Crippen MR) is 107 cm³/mol. The van der Waals surface area contributed by atoms with Crippen LogP contribution >= 0.6 is 0 Å². The molecule has 2 N–H and O–H groups in total. The molecule has 0 radical (unpaired) electrons. The van der Waals surface area contributed by atoms with Crippen molar-refractivity contribution in [1.29, 1.82) is 0 Å².